The van der Waals surface area contributed by atoms with Gasteiger partial charge in [0.2, 0.25) is 15.9 Å². The lowest BCUT2D eigenvalue weighted by Gasteiger charge is -2.23. The molecule has 2 heterocycles. The number of carbonyl (C=O) groups excluding carboxylic acids is 2. The number of benzene rings is 1. The average Bonchev–Trinajstić information content (AvgIpc) is 3.36. The normalized spacial score (nSPS) is 17.1. The van der Waals surface area contributed by atoms with Crippen molar-refractivity contribution in [3.8, 4) is 0 Å². The van der Waals surface area contributed by atoms with Crippen molar-refractivity contribution in [3.63, 3.8) is 0 Å². The highest BCUT2D eigenvalue weighted by molar-refractivity contribution is 7.89. The van der Waals surface area contributed by atoms with Gasteiger partial charge in [0.05, 0.1) is 6.61 Å². The molecule has 1 aromatic carbocycles. The van der Waals surface area contributed by atoms with Crippen LogP contribution in [0, 0.1) is 0 Å². The van der Waals surface area contributed by atoms with Crippen molar-refractivity contribution < 1.29 is 22.7 Å². The number of esters is 1. The van der Waals surface area contributed by atoms with Crippen molar-refractivity contribution in [1.82, 2.24) is 8.87 Å². The van der Waals surface area contributed by atoms with Crippen molar-refractivity contribution in [2.75, 3.05) is 18.5 Å². The van der Waals surface area contributed by atoms with E-state index in [-0.39, 0.29) is 29.6 Å². The van der Waals surface area contributed by atoms with Crippen LogP contribution in [0.5, 0.6) is 0 Å². The second-order valence-corrected chi connectivity index (χ2v) is 9.10. The van der Waals surface area contributed by atoms with Crippen LogP contribution < -0.4 is 5.32 Å². The van der Waals surface area contributed by atoms with Gasteiger partial charge in [0.25, 0.3) is 0 Å². The second-order valence-electron chi connectivity index (χ2n) is 7.21. The maximum Gasteiger partial charge on any atom is 0.354 e. The largest absolute Gasteiger partial charge is 0.461 e. The van der Waals surface area contributed by atoms with Gasteiger partial charge in [-0.1, -0.05) is 19.1 Å². The third-order valence-electron chi connectivity index (χ3n) is 5.21. The molecule has 1 aliphatic rings. The van der Waals surface area contributed by atoms with Gasteiger partial charge in [-0.2, -0.15) is 4.31 Å². The Labute approximate surface area is 176 Å². The van der Waals surface area contributed by atoms with Crippen LogP contribution in [0.4, 0.5) is 5.69 Å². The number of sulfonamides is 1. The van der Waals surface area contributed by atoms with Gasteiger partial charge < -0.3 is 14.6 Å². The van der Waals surface area contributed by atoms with Crippen LogP contribution in [0.2, 0.25) is 0 Å². The summed E-state index contributed by atoms with van der Waals surface area (Å²) >= 11 is 0. The summed E-state index contributed by atoms with van der Waals surface area (Å²) < 4.78 is 34.0. The number of nitrogens with zero attached hydrogens (tertiary/aromatic N) is 2. The molecule has 9 heteroatoms. The summed E-state index contributed by atoms with van der Waals surface area (Å²) in [5, 5.41) is 2.82. The van der Waals surface area contributed by atoms with Crippen LogP contribution in [0.3, 0.4) is 0 Å². The summed E-state index contributed by atoms with van der Waals surface area (Å²) in [7, 11) is -2.36. The van der Waals surface area contributed by atoms with E-state index in [9.17, 15) is 18.0 Å². The molecule has 0 bridgehead atoms. The molecular weight excluding hydrogens is 406 g/mol. The molecule has 1 amide bonds. The number of nitrogens with one attached hydrogen (secondary N) is 1. The van der Waals surface area contributed by atoms with Gasteiger partial charge in [0.1, 0.15) is 16.6 Å². The fraction of sp³-hybridized carbons (Fsp3) is 0.429. The lowest BCUT2D eigenvalue weighted by molar-refractivity contribution is -0.119. The standard InChI is InChI=1S/C21H27N3O5S/c1-4-15-8-10-16(11-9-15)22-20(25)18-7-6-12-24(18)30(27,28)17-13-19(23(3)14-17)21(26)29-5-2/h8-11,13-14,18H,4-7,12H2,1-3H3,(H,22,25)/t18-/m1/s1. The molecule has 0 radical (unpaired) electrons. The van der Waals surface area contributed by atoms with E-state index < -0.39 is 22.0 Å². The summed E-state index contributed by atoms with van der Waals surface area (Å²) in [4.78, 5) is 24.8. The fourth-order valence-corrected chi connectivity index (χ4v) is 5.29. The molecule has 3 rings (SSSR count). The summed E-state index contributed by atoms with van der Waals surface area (Å²) in [5.41, 5.74) is 1.93. The predicted octanol–water partition coefficient (Wildman–Crippen LogP) is 2.56. The molecule has 30 heavy (non-hydrogen) atoms. The molecule has 8 nitrogen and oxygen atoms in total. The van der Waals surface area contributed by atoms with E-state index in [1.807, 2.05) is 31.2 Å². The van der Waals surface area contributed by atoms with Crippen LogP contribution in [-0.2, 0) is 33.0 Å². The molecule has 2 aromatic rings. The molecule has 1 fully saturated rings. The highest BCUT2D eigenvalue weighted by Crippen LogP contribution is 2.28. The molecule has 1 saturated heterocycles. The van der Waals surface area contributed by atoms with Crippen LogP contribution in [-0.4, -0.2) is 48.4 Å². The molecular formula is C21H27N3O5S. The zero-order valence-electron chi connectivity index (χ0n) is 17.4. The third kappa shape index (κ3) is 4.41. The highest BCUT2D eigenvalue weighted by atomic mass is 32.2. The molecule has 1 atom stereocenters. The van der Waals surface area contributed by atoms with Crippen molar-refractivity contribution in [2.45, 2.75) is 44.0 Å². The van der Waals surface area contributed by atoms with Crippen LogP contribution in [0.1, 0.15) is 42.7 Å². The Kier molecular flexibility index (Phi) is 6.62. The van der Waals surface area contributed by atoms with Gasteiger partial charge in [0.15, 0.2) is 0 Å². The van der Waals surface area contributed by atoms with E-state index in [0.717, 1.165) is 12.0 Å². The number of anilines is 1. The molecule has 0 aliphatic carbocycles. The number of rotatable bonds is 7. The Bertz CT molecular complexity index is 1030. The van der Waals surface area contributed by atoms with E-state index in [2.05, 4.69) is 5.32 Å². The van der Waals surface area contributed by atoms with Gasteiger partial charge >= 0.3 is 5.97 Å². The minimum atomic E-state index is -3.94. The zero-order valence-corrected chi connectivity index (χ0v) is 18.2. The number of hydrogen-bond acceptors (Lipinski definition) is 5. The maximum absolute atomic E-state index is 13.2. The SMILES string of the molecule is CCOC(=O)c1cc(S(=O)(=O)N2CCC[C@@H]2C(=O)Nc2ccc(CC)cc2)cn1C. The Hall–Kier alpha value is -2.65. The predicted molar refractivity (Wildman–Crippen MR) is 113 cm³/mol. The second kappa shape index (κ2) is 9.01. The van der Waals surface area contributed by atoms with E-state index in [1.54, 1.807) is 14.0 Å². The summed E-state index contributed by atoms with van der Waals surface area (Å²) in [5.74, 6) is -0.949. The van der Waals surface area contributed by atoms with Gasteiger partial charge in [-0.3, -0.25) is 4.79 Å². The van der Waals surface area contributed by atoms with Gasteiger partial charge in [-0.05, 0) is 49.9 Å². The first kappa shape index (κ1) is 22.0. The van der Waals surface area contributed by atoms with Gasteiger partial charge in [-0.15, -0.1) is 0 Å². The van der Waals surface area contributed by atoms with E-state index in [4.69, 9.17) is 4.74 Å². The Morgan fingerprint density at radius 1 is 1.20 bits per heavy atom. The molecule has 0 unspecified atom stereocenters. The minimum absolute atomic E-state index is 0.0277. The number of amides is 1. The van der Waals surface area contributed by atoms with Crippen LogP contribution in [0.15, 0.2) is 41.4 Å². The Balaban J connectivity index is 1.80. The lowest BCUT2D eigenvalue weighted by atomic mass is 10.1. The minimum Gasteiger partial charge on any atom is -0.461 e. The molecule has 1 aliphatic heterocycles. The number of carbonyl (C=O) groups is 2. The third-order valence-corrected chi connectivity index (χ3v) is 7.08. The molecule has 1 aromatic heterocycles. The summed E-state index contributed by atoms with van der Waals surface area (Å²) in [6.07, 6.45) is 3.30. The molecule has 0 saturated carbocycles. The fourth-order valence-electron chi connectivity index (χ4n) is 3.56. The van der Waals surface area contributed by atoms with Gasteiger partial charge in [0, 0.05) is 25.5 Å². The monoisotopic (exact) mass is 433 g/mol. The quantitative estimate of drug-likeness (QED) is 0.677. The number of hydrogen-bond donors (Lipinski definition) is 1. The maximum atomic E-state index is 13.2. The molecule has 162 valence electrons. The van der Waals surface area contributed by atoms with E-state index in [1.165, 1.54) is 21.1 Å². The topological polar surface area (TPSA) is 97.7 Å². The Morgan fingerprint density at radius 3 is 2.53 bits per heavy atom. The first-order chi connectivity index (χ1) is 14.3. The highest BCUT2D eigenvalue weighted by Gasteiger charge is 2.40. The van der Waals surface area contributed by atoms with E-state index >= 15 is 0 Å². The van der Waals surface area contributed by atoms with Gasteiger partial charge in [-0.25, -0.2) is 13.2 Å². The molecule has 1 N–H and O–H groups in total. The van der Waals surface area contributed by atoms with Crippen molar-refractivity contribution in [2.24, 2.45) is 7.05 Å². The zero-order chi connectivity index (χ0) is 21.9. The van der Waals surface area contributed by atoms with Crippen LogP contribution in [0.25, 0.3) is 0 Å². The first-order valence-corrected chi connectivity index (χ1v) is 11.5. The Morgan fingerprint density at radius 2 is 1.90 bits per heavy atom. The first-order valence-electron chi connectivity index (χ1n) is 10.0. The number of aromatic nitrogens is 1. The summed E-state index contributed by atoms with van der Waals surface area (Å²) in [6.45, 7) is 4.17. The smallest absolute Gasteiger partial charge is 0.354 e. The van der Waals surface area contributed by atoms with Crippen molar-refractivity contribution >= 4 is 27.6 Å². The summed E-state index contributed by atoms with van der Waals surface area (Å²) in [6, 6.07) is 7.98. The van der Waals surface area contributed by atoms with Crippen LogP contribution >= 0.6 is 0 Å². The number of aryl methyl sites for hydroxylation is 2. The van der Waals surface area contributed by atoms with Crippen molar-refractivity contribution in [1.29, 1.82) is 0 Å². The lowest BCUT2D eigenvalue weighted by Crippen LogP contribution is -2.43. The average molecular weight is 434 g/mol. The van der Waals surface area contributed by atoms with E-state index in [0.29, 0.717) is 18.5 Å². The van der Waals surface area contributed by atoms with Crippen molar-refractivity contribution in [3.05, 3.63) is 47.8 Å². The number of ether oxygens (including phenoxy) is 1. The molecule has 0 spiro atoms.